The topological polar surface area (TPSA) is 80.3 Å². The van der Waals surface area contributed by atoms with Crippen LogP contribution in [0, 0.1) is 5.82 Å². The fourth-order valence-electron chi connectivity index (χ4n) is 2.41. The van der Waals surface area contributed by atoms with Crippen LogP contribution in [0.25, 0.3) is 11.1 Å². The van der Waals surface area contributed by atoms with Crippen LogP contribution in [-0.4, -0.2) is 46.0 Å². The molecule has 0 radical (unpaired) electrons. The Morgan fingerprint density at radius 1 is 1.03 bits per heavy atom. The minimum absolute atomic E-state index is 0.0221. The van der Waals surface area contributed by atoms with Gasteiger partial charge in [0.2, 0.25) is 0 Å². The standard InChI is InChI=1S/C22H23FO7/c1-15(2)22(25)30-11-10-28-20-13-17(16-4-6-18(26-3)7-5-16)12-19(23)21(20)29-9-8-27-14-24/h4-7,12-14H,1,8-11H2,2-3H3. The van der Waals surface area contributed by atoms with E-state index in [0.29, 0.717) is 11.3 Å². The molecule has 0 saturated carbocycles. The molecular weight excluding hydrogens is 395 g/mol. The number of esters is 1. The smallest absolute Gasteiger partial charge is 0.333 e. The average molecular weight is 418 g/mol. The van der Waals surface area contributed by atoms with Crippen LogP contribution in [0.2, 0.25) is 0 Å². The molecule has 0 aliphatic heterocycles. The highest BCUT2D eigenvalue weighted by Crippen LogP contribution is 2.36. The molecule has 0 saturated heterocycles. The molecule has 0 aliphatic rings. The first kappa shape index (κ1) is 22.7. The van der Waals surface area contributed by atoms with Crippen LogP contribution < -0.4 is 14.2 Å². The van der Waals surface area contributed by atoms with Gasteiger partial charge in [-0.1, -0.05) is 18.7 Å². The van der Waals surface area contributed by atoms with Gasteiger partial charge in [0.05, 0.1) is 7.11 Å². The predicted molar refractivity (Wildman–Crippen MR) is 107 cm³/mol. The Kier molecular flexibility index (Phi) is 8.68. The maximum Gasteiger partial charge on any atom is 0.333 e. The number of carbonyl (C=O) groups is 2. The molecule has 0 aliphatic carbocycles. The lowest BCUT2D eigenvalue weighted by molar-refractivity contribution is -0.139. The molecule has 0 unspecified atom stereocenters. The second kappa shape index (κ2) is 11.5. The van der Waals surface area contributed by atoms with Gasteiger partial charge >= 0.3 is 5.97 Å². The normalized spacial score (nSPS) is 10.1. The van der Waals surface area contributed by atoms with E-state index in [1.165, 1.54) is 13.0 Å². The summed E-state index contributed by atoms with van der Waals surface area (Å²) in [5.41, 5.74) is 1.56. The van der Waals surface area contributed by atoms with Crippen LogP contribution >= 0.6 is 0 Å². The molecule has 30 heavy (non-hydrogen) atoms. The molecule has 2 aromatic carbocycles. The second-order valence-electron chi connectivity index (χ2n) is 6.09. The van der Waals surface area contributed by atoms with Gasteiger partial charge in [-0.25, -0.2) is 9.18 Å². The average Bonchev–Trinajstić information content (AvgIpc) is 2.75. The van der Waals surface area contributed by atoms with Crippen LogP contribution in [-0.2, 0) is 19.1 Å². The summed E-state index contributed by atoms with van der Waals surface area (Å²) in [5, 5.41) is 0. The van der Waals surface area contributed by atoms with Crippen molar-refractivity contribution in [2.75, 3.05) is 33.5 Å². The van der Waals surface area contributed by atoms with Crippen LogP contribution in [0.5, 0.6) is 17.2 Å². The number of rotatable bonds is 12. The molecular formula is C22H23FO7. The van der Waals surface area contributed by atoms with Crippen molar-refractivity contribution in [3.05, 3.63) is 54.4 Å². The Hall–Kier alpha value is -3.55. The summed E-state index contributed by atoms with van der Waals surface area (Å²) in [4.78, 5) is 21.7. The van der Waals surface area contributed by atoms with Crippen molar-refractivity contribution in [3.63, 3.8) is 0 Å². The molecule has 0 atom stereocenters. The third-order valence-corrected chi connectivity index (χ3v) is 3.87. The van der Waals surface area contributed by atoms with Gasteiger partial charge in [0.25, 0.3) is 6.47 Å². The zero-order chi connectivity index (χ0) is 21.9. The summed E-state index contributed by atoms with van der Waals surface area (Å²) in [6.07, 6.45) is 0. The number of hydrogen-bond donors (Lipinski definition) is 0. The van der Waals surface area contributed by atoms with E-state index in [1.807, 2.05) is 0 Å². The van der Waals surface area contributed by atoms with E-state index in [0.717, 1.165) is 5.56 Å². The monoisotopic (exact) mass is 418 g/mol. The lowest BCUT2D eigenvalue weighted by Gasteiger charge is -2.15. The van der Waals surface area contributed by atoms with Crippen LogP contribution in [0.3, 0.4) is 0 Å². The third kappa shape index (κ3) is 6.51. The Morgan fingerprint density at radius 3 is 2.37 bits per heavy atom. The predicted octanol–water partition coefficient (Wildman–Crippen LogP) is 3.55. The van der Waals surface area contributed by atoms with Crippen molar-refractivity contribution in [3.8, 4) is 28.4 Å². The van der Waals surface area contributed by atoms with Crippen molar-refractivity contribution in [1.29, 1.82) is 0 Å². The summed E-state index contributed by atoms with van der Waals surface area (Å²) in [6, 6.07) is 10.0. The van der Waals surface area contributed by atoms with Gasteiger partial charge in [-0.05, 0) is 42.3 Å². The van der Waals surface area contributed by atoms with Gasteiger partial charge in [-0.15, -0.1) is 0 Å². The molecule has 0 spiro atoms. The minimum Gasteiger partial charge on any atom is -0.497 e. The van der Waals surface area contributed by atoms with E-state index >= 15 is 0 Å². The van der Waals surface area contributed by atoms with Crippen molar-refractivity contribution in [2.24, 2.45) is 0 Å². The molecule has 0 bridgehead atoms. The van der Waals surface area contributed by atoms with E-state index in [-0.39, 0.29) is 50.0 Å². The number of hydrogen-bond acceptors (Lipinski definition) is 7. The molecule has 2 rings (SSSR count). The zero-order valence-electron chi connectivity index (χ0n) is 16.8. The number of methoxy groups -OCH3 is 1. The maximum absolute atomic E-state index is 14.8. The Bertz CT molecular complexity index is 878. The van der Waals surface area contributed by atoms with Gasteiger partial charge in [-0.3, -0.25) is 4.79 Å². The lowest BCUT2D eigenvalue weighted by Crippen LogP contribution is -2.14. The first-order chi connectivity index (χ1) is 14.5. The second-order valence-corrected chi connectivity index (χ2v) is 6.09. The SMILES string of the molecule is C=C(C)C(=O)OCCOc1cc(-c2ccc(OC)cc2)cc(F)c1OCCOC=O. The summed E-state index contributed by atoms with van der Waals surface area (Å²) in [6.45, 7) is 5.13. The molecule has 160 valence electrons. The van der Waals surface area contributed by atoms with Gasteiger partial charge in [0.1, 0.15) is 32.2 Å². The highest BCUT2D eigenvalue weighted by molar-refractivity contribution is 5.86. The summed E-state index contributed by atoms with van der Waals surface area (Å²) in [5.74, 6) is -0.529. The molecule has 0 aromatic heterocycles. The third-order valence-electron chi connectivity index (χ3n) is 3.87. The number of carbonyl (C=O) groups excluding carboxylic acids is 2. The minimum atomic E-state index is -0.650. The van der Waals surface area contributed by atoms with Crippen molar-refractivity contribution in [1.82, 2.24) is 0 Å². The van der Waals surface area contributed by atoms with E-state index in [4.69, 9.17) is 18.9 Å². The van der Waals surface area contributed by atoms with Crippen LogP contribution in [0.15, 0.2) is 48.6 Å². The highest BCUT2D eigenvalue weighted by Gasteiger charge is 2.16. The molecule has 8 heteroatoms. The number of benzene rings is 2. The summed E-state index contributed by atoms with van der Waals surface area (Å²) in [7, 11) is 1.56. The van der Waals surface area contributed by atoms with Crippen molar-refractivity contribution >= 4 is 12.4 Å². The van der Waals surface area contributed by atoms with Gasteiger partial charge in [0, 0.05) is 5.57 Å². The van der Waals surface area contributed by atoms with Crippen LogP contribution in [0.1, 0.15) is 6.92 Å². The van der Waals surface area contributed by atoms with Crippen LogP contribution in [0.4, 0.5) is 4.39 Å². The first-order valence-corrected chi connectivity index (χ1v) is 9.07. The fraction of sp³-hybridized carbons (Fsp3) is 0.273. The highest BCUT2D eigenvalue weighted by atomic mass is 19.1. The van der Waals surface area contributed by atoms with Crippen molar-refractivity contribution in [2.45, 2.75) is 6.92 Å². The maximum atomic E-state index is 14.8. The van der Waals surface area contributed by atoms with E-state index in [1.54, 1.807) is 37.4 Å². The summed E-state index contributed by atoms with van der Waals surface area (Å²) >= 11 is 0. The van der Waals surface area contributed by atoms with Crippen molar-refractivity contribution < 1.29 is 37.7 Å². The van der Waals surface area contributed by atoms with Gasteiger partial charge in [0.15, 0.2) is 17.3 Å². The Morgan fingerprint density at radius 2 is 1.73 bits per heavy atom. The molecule has 0 amide bonds. The van der Waals surface area contributed by atoms with E-state index in [9.17, 15) is 14.0 Å². The molecule has 0 N–H and O–H groups in total. The number of halogens is 1. The largest absolute Gasteiger partial charge is 0.497 e. The van der Waals surface area contributed by atoms with E-state index in [2.05, 4.69) is 11.3 Å². The molecule has 0 fully saturated rings. The quantitative estimate of drug-likeness (QED) is 0.226. The lowest BCUT2D eigenvalue weighted by atomic mass is 10.0. The zero-order valence-corrected chi connectivity index (χ0v) is 16.8. The molecule has 2 aromatic rings. The Labute approximate surface area is 174 Å². The number of ether oxygens (including phenoxy) is 5. The Balaban J connectivity index is 2.20. The molecule has 0 heterocycles. The first-order valence-electron chi connectivity index (χ1n) is 9.07. The summed E-state index contributed by atoms with van der Waals surface area (Å²) < 4.78 is 40.4. The van der Waals surface area contributed by atoms with Gasteiger partial charge in [-0.2, -0.15) is 0 Å². The molecule has 7 nitrogen and oxygen atoms in total. The van der Waals surface area contributed by atoms with E-state index < -0.39 is 11.8 Å². The fourth-order valence-corrected chi connectivity index (χ4v) is 2.41. The van der Waals surface area contributed by atoms with Gasteiger partial charge < -0.3 is 23.7 Å².